The van der Waals surface area contributed by atoms with Crippen LogP contribution in [0.4, 0.5) is 4.79 Å². The van der Waals surface area contributed by atoms with Crippen LogP contribution in [0.15, 0.2) is 48.5 Å². The van der Waals surface area contributed by atoms with Crippen LogP contribution in [0.2, 0.25) is 5.02 Å². The molecule has 6 nitrogen and oxygen atoms in total. The van der Waals surface area contributed by atoms with Crippen molar-refractivity contribution in [1.29, 1.82) is 0 Å². The molecule has 150 valence electrons. The lowest BCUT2D eigenvalue weighted by Gasteiger charge is -2.38. The molecule has 0 radical (unpaired) electrons. The zero-order valence-electron chi connectivity index (χ0n) is 16.2. The summed E-state index contributed by atoms with van der Waals surface area (Å²) in [6, 6.07) is 14.0. The molecule has 4 rings (SSSR count). The van der Waals surface area contributed by atoms with Crippen molar-refractivity contribution >= 4 is 29.4 Å². The summed E-state index contributed by atoms with van der Waals surface area (Å²) in [5.74, 6) is -0.389. The van der Waals surface area contributed by atoms with Gasteiger partial charge in [0.05, 0.1) is 13.1 Å². The Balaban J connectivity index is 1.54. The van der Waals surface area contributed by atoms with Gasteiger partial charge >= 0.3 is 6.03 Å². The van der Waals surface area contributed by atoms with E-state index < -0.39 is 11.6 Å². The average molecular weight is 412 g/mol. The fourth-order valence-corrected chi connectivity index (χ4v) is 4.21. The number of carbonyl (C=O) groups is 3. The fourth-order valence-electron chi connectivity index (χ4n) is 4.08. The van der Waals surface area contributed by atoms with Crippen LogP contribution in [-0.2, 0) is 11.3 Å². The van der Waals surface area contributed by atoms with Crippen LogP contribution in [0, 0.1) is 6.92 Å². The third kappa shape index (κ3) is 3.60. The minimum absolute atomic E-state index is 0.111. The molecule has 0 aromatic heterocycles. The molecule has 1 unspecified atom stereocenters. The first-order valence-corrected chi connectivity index (χ1v) is 10.0. The number of halogens is 1. The number of piperidine rings is 1. The Morgan fingerprint density at radius 3 is 2.59 bits per heavy atom. The van der Waals surface area contributed by atoms with Gasteiger partial charge in [0, 0.05) is 17.1 Å². The van der Waals surface area contributed by atoms with Gasteiger partial charge in [0.25, 0.3) is 11.8 Å². The number of nitrogens with one attached hydrogen (secondary N) is 1. The first-order chi connectivity index (χ1) is 13.9. The van der Waals surface area contributed by atoms with Gasteiger partial charge in [-0.25, -0.2) is 4.79 Å². The monoisotopic (exact) mass is 411 g/mol. The number of likely N-dealkylation sites (tertiary alicyclic amines) is 1. The molecule has 4 amide bonds. The molecule has 7 heteroatoms. The van der Waals surface area contributed by atoms with E-state index in [0.29, 0.717) is 30.0 Å². The Morgan fingerprint density at radius 2 is 1.86 bits per heavy atom. The molecular weight excluding hydrogens is 390 g/mol. The number of imide groups is 1. The van der Waals surface area contributed by atoms with E-state index in [1.807, 2.05) is 25.1 Å². The van der Waals surface area contributed by atoms with Crippen molar-refractivity contribution in [2.24, 2.45) is 0 Å². The topological polar surface area (TPSA) is 69.7 Å². The second kappa shape index (κ2) is 7.52. The maximum Gasteiger partial charge on any atom is 0.325 e. The fraction of sp³-hybridized carbons (Fsp3) is 0.318. The Morgan fingerprint density at radius 1 is 1.14 bits per heavy atom. The summed E-state index contributed by atoms with van der Waals surface area (Å²) in [6.45, 7) is 2.82. The minimum Gasteiger partial charge on any atom is -0.336 e. The number of amides is 4. The highest BCUT2D eigenvalue weighted by Crippen LogP contribution is 2.30. The van der Waals surface area contributed by atoms with E-state index in [4.69, 9.17) is 11.6 Å². The molecular formula is C22H22ClN3O3. The third-order valence-corrected chi connectivity index (χ3v) is 5.91. The summed E-state index contributed by atoms with van der Waals surface area (Å²) in [5, 5.41) is 3.47. The van der Waals surface area contributed by atoms with E-state index >= 15 is 0 Å². The van der Waals surface area contributed by atoms with Gasteiger partial charge in [-0.15, -0.1) is 0 Å². The van der Waals surface area contributed by atoms with Crippen LogP contribution in [0.25, 0.3) is 0 Å². The number of carbonyl (C=O) groups excluding carboxylic acids is 3. The van der Waals surface area contributed by atoms with Crippen LogP contribution in [0.1, 0.15) is 34.3 Å². The Labute approximate surface area is 174 Å². The number of aryl methyl sites for hydroxylation is 1. The van der Waals surface area contributed by atoms with E-state index in [2.05, 4.69) is 5.32 Å². The normalized spacial score (nSPS) is 21.6. The van der Waals surface area contributed by atoms with Crippen molar-refractivity contribution in [3.8, 4) is 0 Å². The van der Waals surface area contributed by atoms with Gasteiger partial charge in [-0.2, -0.15) is 0 Å². The smallest absolute Gasteiger partial charge is 0.325 e. The lowest BCUT2D eigenvalue weighted by Crippen LogP contribution is -2.59. The van der Waals surface area contributed by atoms with Gasteiger partial charge in [-0.1, -0.05) is 41.9 Å². The molecule has 2 aliphatic rings. The number of benzene rings is 2. The molecule has 0 saturated carbocycles. The van der Waals surface area contributed by atoms with Gasteiger partial charge in [0.1, 0.15) is 5.54 Å². The van der Waals surface area contributed by atoms with Crippen LogP contribution >= 0.6 is 11.6 Å². The first kappa shape index (κ1) is 19.5. The molecule has 1 N–H and O–H groups in total. The standard InChI is InChI=1S/C22H22ClN3O3/c1-15-5-2-3-6-18(15)19(27)25-12-4-11-22(14-25)20(28)26(21(29)24-22)13-16-7-9-17(23)10-8-16/h2-3,5-10H,4,11-14H2,1H3,(H,24,29). The quantitative estimate of drug-likeness (QED) is 0.787. The lowest BCUT2D eigenvalue weighted by atomic mass is 9.88. The first-order valence-electron chi connectivity index (χ1n) is 9.63. The minimum atomic E-state index is -1.06. The highest BCUT2D eigenvalue weighted by molar-refractivity contribution is 6.30. The zero-order valence-corrected chi connectivity index (χ0v) is 16.9. The predicted molar refractivity (Wildman–Crippen MR) is 110 cm³/mol. The van der Waals surface area contributed by atoms with Crippen molar-refractivity contribution < 1.29 is 14.4 Å². The Kier molecular flexibility index (Phi) is 5.04. The molecule has 1 atom stereocenters. The summed E-state index contributed by atoms with van der Waals surface area (Å²) in [5.41, 5.74) is 1.28. The Bertz CT molecular complexity index is 976. The molecule has 2 fully saturated rings. The summed E-state index contributed by atoms with van der Waals surface area (Å²) in [4.78, 5) is 41.7. The SMILES string of the molecule is Cc1ccccc1C(=O)N1CCCC2(C1)NC(=O)N(Cc1ccc(Cl)cc1)C2=O. The highest BCUT2D eigenvalue weighted by Gasteiger charge is 2.53. The van der Waals surface area contributed by atoms with Crippen LogP contribution in [0.5, 0.6) is 0 Å². The van der Waals surface area contributed by atoms with E-state index in [9.17, 15) is 14.4 Å². The lowest BCUT2D eigenvalue weighted by molar-refractivity contribution is -0.133. The number of urea groups is 1. The van der Waals surface area contributed by atoms with Gasteiger partial charge in [0.15, 0.2) is 0 Å². The maximum atomic E-state index is 13.2. The van der Waals surface area contributed by atoms with Crippen molar-refractivity contribution in [3.63, 3.8) is 0 Å². The van der Waals surface area contributed by atoms with Crippen molar-refractivity contribution in [2.75, 3.05) is 13.1 Å². The van der Waals surface area contributed by atoms with E-state index in [1.54, 1.807) is 35.2 Å². The molecule has 0 aliphatic carbocycles. The number of nitrogens with zero attached hydrogens (tertiary/aromatic N) is 2. The predicted octanol–water partition coefficient (Wildman–Crippen LogP) is 3.38. The van der Waals surface area contributed by atoms with Gasteiger partial charge in [-0.3, -0.25) is 14.5 Å². The van der Waals surface area contributed by atoms with E-state index in [0.717, 1.165) is 11.1 Å². The second-order valence-corrected chi connectivity index (χ2v) is 8.11. The summed E-state index contributed by atoms with van der Waals surface area (Å²) >= 11 is 5.91. The molecule has 29 heavy (non-hydrogen) atoms. The maximum absolute atomic E-state index is 13.2. The summed E-state index contributed by atoms with van der Waals surface area (Å²) in [6.07, 6.45) is 1.17. The molecule has 2 saturated heterocycles. The number of rotatable bonds is 3. The largest absolute Gasteiger partial charge is 0.336 e. The average Bonchev–Trinajstić information content (AvgIpc) is 2.93. The van der Waals surface area contributed by atoms with E-state index in [-0.39, 0.29) is 24.9 Å². The highest BCUT2D eigenvalue weighted by atomic mass is 35.5. The molecule has 0 bridgehead atoms. The Hall–Kier alpha value is -2.86. The molecule has 2 aliphatic heterocycles. The summed E-state index contributed by atoms with van der Waals surface area (Å²) < 4.78 is 0. The van der Waals surface area contributed by atoms with Crippen LogP contribution < -0.4 is 5.32 Å². The molecule has 2 heterocycles. The van der Waals surface area contributed by atoms with Crippen LogP contribution in [-0.4, -0.2) is 46.3 Å². The van der Waals surface area contributed by atoms with Crippen LogP contribution in [0.3, 0.4) is 0 Å². The van der Waals surface area contributed by atoms with Gasteiger partial charge in [0.2, 0.25) is 0 Å². The molecule has 2 aromatic carbocycles. The van der Waals surface area contributed by atoms with Gasteiger partial charge < -0.3 is 10.2 Å². The van der Waals surface area contributed by atoms with Gasteiger partial charge in [-0.05, 0) is 49.1 Å². The number of hydrogen-bond acceptors (Lipinski definition) is 3. The summed E-state index contributed by atoms with van der Waals surface area (Å²) in [7, 11) is 0. The van der Waals surface area contributed by atoms with Crippen molar-refractivity contribution in [1.82, 2.24) is 15.1 Å². The molecule has 2 aromatic rings. The number of hydrogen-bond donors (Lipinski definition) is 1. The zero-order chi connectivity index (χ0) is 20.6. The second-order valence-electron chi connectivity index (χ2n) is 7.68. The van der Waals surface area contributed by atoms with Crippen molar-refractivity contribution in [3.05, 3.63) is 70.2 Å². The van der Waals surface area contributed by atoms with E-state index in [1.165, 1.54) is 4.90 Å². The third-order valence-electron chi connectivity index (χ3n) is 5.65. The molecule has 1 spiro atoms. The van der Waals surface area contributed by atoms with Crippen molar-refractivity contribution in [2.45, 2.75) is 31.8 Å².